The van der Waals surface area contributed by atoms with E-state index in [0.717, 1.165) is 5.69 Å². The molecule has 0 radical (unpaired) electrons. The second kappa shape index (κ2) is 5.19. The highest BCUT2D eigenvalue weighted by Gasteiger charge is 2.10. The maximum absolute atomic E-state index is 11.3. The molecule has 0 aliphatic rings. The number of aromatic amines is 1. The summed E-state index contributed by atoms with van der Waals surface area (Å²) in [5.41, 5.74) is 6.01. The molecule has 1 heterocycles. The maximum Gasteiger partial charge on any atom is 0.218 e. The number of imidazole rings is 1. The molecule has 0 aromatic carbocycles. The van der Waals surface area contributed by atoms with E-state index in [1.807, 2.05) is 0 Å². The van der Waals surface area contributed by atoms with E-state index in [1.165, 1.54) is 0 Å². The van der Waals surface area contributed by atoms with Gasteiger partial charge in [-0.25, -0.2) is 18.1 Å². The number of sulfonamides is 1. The molecule has 4 N–H and O–H groups in total. The standard InChI is InChI=1S/C7H12N4O2S2/c8-7(14)4-15(12,13)11-2-1-6-3-9-5-10-6/h3,5,11H,1-2,4H2,(H2,8,14)(H,9,10). The number of hydrogen-bond donors (Lipinski definition) is 3. The smallest absolute Gasteiger partial charge is 0.218 e. The van der Waals surface area contributed by atoms with Crippen LogP contribution in [-0.4, -0.2) is 35.7 Å². The highest BCUT2D eigenvalue weighted by atomic mass is 32.2. The van der Waals surface area contributed by atoms with Crippen LogP contribution in [0.1, 0.15) is 5.69 Å². The Kier molecular flexibility index (Phi) is 4.18. The van der Waals surface area contributed by atoms with E-state index in [1.54, 1.807) is 12.5 Å². The summed E-state index contributed by atoms with van der Waals surface area (Å²) < 4.78 is 24.9. The van der Waals surface area contributed by atoms with Crippen molar-refractivity contribution in [3.05, 3.63) is 18.2 Å². The van der Waals surface area contributed by atoms with E-state index in [9.17, 15) is 8.42 Å². The maximum atomic E-state index is 11.3. The van der Waals surface area contributed by atoms with Crippen LogP contribution in [0, 0.1) is 0 Å². The van der Waals surface area contributed by atoms with Gasteiger partial charge in [-0.05, 0) is 0 Å². The van der Waals surface area contributed by atoms with Crippen LogP contribution in [0.2, 0.25) is 0 Å². The molecule has 1 aromatic rings. The molecule has 0 amide bonds. The van der Waals surface area contributed by atoms with Crippen molar-refractivity contribution in [2.24, 2.45) is 5.73 Å². The van der Waals surface area contributed by atoms with Crippen molar-refractivity contribution in [2.45, 2.75) is 6.42 Å². The van der Waals surface area contributed by atoms with Crippen LogP contribution >= 0.6 is 12.2 Å². The van der Waals surface area contributed by atoms with Gasteiger partial charge >= 0.3 is 0 Å². The summed E-state index contributed by atoms with van der Waals surface area (Å²) in [6.45, 7) is 0.299. The fourth-order valence-corrected chi connectivity index (χ4v) is 2.36. The van der Waals surface area contributed by atoms with Gasteiger partial charge in [-0.15, -0.1) is 0 Å². The molecule has 0 saturated carbocycles. The van der Waals surface area contributed by atoms with Crippen LogP contribution in [0.15, 0.2) is 12.5 Å². The second-order valence-corrected chi connectivity index (χ2v) is 5.28. The lowest BCUT2D eigenvalue weighted by Crippen LogP contribution is -2.33. The van der Waals surface area contributed by atoms with Crippen molar-refractivity contribution in [2.75, 3.05) is 12.3 Å². The van der Waals surface area contributed by atoms with Crippen LogP contribution in [0.25, 0.3) is 0 Å². The first-order chi connectivity index (χ1) is 6.99. The van der Waals surface area contributed by atoms with Crippen molar-refractivity contribution < 1.29 is 8.42 Å². The molecule has 0 aliphatic heterocycles. The molecule has 1 aromatic heterocycles. The molecule has 15 heavy (non-hydrogen) atoms. The van der Waals surface area contributed by atoms with Crippen LogP contribution in [0.3, 0.4) is 0 Å². The quantitative estimate of drug-likeness (QED) is 0.570. The summed E-state index contributed by atoms with van der Waals surface area (Å²) in [4.78, 5) is 6.64. The van der Waals surface area contributed by atoms with Crippen molar-refractivity contribution in [3.8, 4) is 0 Å². The minimum absolute atomic E-state index is 0.0379. The lowest BCUT2D eigenvalue weighted by atomic mass is 10.3. The molecule has 0 atom stereocenters. The Morgan fingerprint density at radius 3 is 2.93 bits per heavy atom. The Morgan fingerprint density at radius 1 is 1.67 bits per heavy atom. The first kappa shape index (κ1) is 12.1. The predicted molar refractivity (Wildman–Crippen MR) is 60.9 cm³/mol. The van der Waals surface area contributed by atoms with Gasteiger partial charge in [0.05, 0.1) is 11.3 Å². The fraction of sp³-hybridized carbons (Fsp3) is 0.429. The molecule has 0 spiro atoms. The van der Waals surface area contributed by atoms with E-state index in [0.29, 0.717) is 13.0 Å². The normalized spacial score (nSPS) is 11.5. The lowest BCUT2D eigenvalue weighted by molar-refractivity contribution is 0.585. The Hall–Kier alpha value is -0.990. The number of H-pyrrole nitrogens is 1. The van der Waals surface area contributed by atoms with Gasteiger partial charge in [0.2, 0.25) is 10.0 Å². The lowest BCUT2D eigenvalue weighted by Gasteiger charge is -2.04. The molecule has 0 aliphatic carbocycles. The largest absolute Gasteiger partial charge is 0.392 e. The van der Waals surface area contributed by atoms with Gasteiger partial charge in [-0.3, -0.25) is 0 Å². The van der Waals surface area contributed by atoms with Gasteiger partial charge in [-0.1, -0.05) is 12.2 Å². The fourth-order valence-electron chi connectivity index (χ4n) is 1.00. The van der Waals surface area contributed by atoms with Crippen LogP contribution in [0.4, 0.5) is 0 Å². The summed E-state index contributed by atoms with van der Waals surface area (Å²) in [7, 11) is -3.38. The second-order valence-electron chi connectivity index (χ2n) is 2.95. The third kappa shape index (κ3) is 4.86. The third-order valence-electron chi connectivity index (χ3n) is 1.60. The Morgan fingerprint density at radius 2 is 2.40 bits per heavy atom. The average molecular weight is 248 g/mol. The third-order valence-corrected chi connectivity index (χ3v) is 3.27. The number of thiocarbonyl (C=S) groups is 1. The number of hydrogen-bond acceptors (Lipinski definition) is 4. The number of aromatic nitrogens is 2. The van der Waals surface area contributed by atoms with Gasteiger partial charge in [0, 0.05) is 24.9 Å². The molecule has 0 saturated heterocycles. The van der Waals surface area contributed by atoms with E-state index in [-0.39, 0.29) is 10.7 Å². The van der Waals surface area contributed by atoms with Gasteiger partial charge in [0.1, 0.15) is 5.75 Å². The van der Waals surface area contributed by atoms with Gasteiger partial charge in [0.15, 0.2) is 0 Å². The first-order valence-electron chi connectivity index (χ1n) is 4.22. The first-order valence-corrected chi connectivity index (χ1v) is 6.28. The van der Waals surface area contributed by atoms with Gasteiger partial charge < -0.3 is 10.7 Å². The summed E-state index contributed by atoms with van der Waals surface area (Å²) >= 11 is 4.52. The number of rotatable bonds is 6. The zero-order chi connectivity index (χ0) is 11.3. The summed E-state index contributed by atoms with van der Waals surface area (Å²) in [6, 6.07) is 0. The predicted octanol–water partition coefficient (Wildman–Crippen LogP) is -0.842. The minimum atomic E-state index is -3.38. The molecule has 1 rings (SSSR count). The number of nitrogens with one attached hydrogen (secondary N) is 2. The number of nitrogens with zero attached hydrogens (tertiary/aromatic N) is 1. The Balaban J connectivity index is 2.34. The molecular formula is C7H12N4O2S2. The summed E-state index contributed by atoms with van der Waals surface area (Å²) in [5, 5.41) is 0. The molecule has 84 valence electrons. The van der Waals surface area contributed by atoms with Gasteiger partial charge in [0.25, 0.3) is 0 Å². The minimum Gasteiger partial charge on any atom is -0.392 e. The number of nitrogens with two attached hydrogens (primary N) is 1. The highest BCUT2D eigenvalue weighted by Crippen LogP contribution is 1.92. The van der Waals surface area contributed by atoms with E-state index >= 15 is 0 Å². The van der Waals surface area contributed by atoms with E-state index in [2.05, 4.69) is 26.9 Å². The van der Waals surface area contributed by atoms with Crippen molar-refractivity contribution in [1.29, 1.82) is 0 Å². The molecule has 8 heteroatoms. The molecule has 0 bridgehead atoms. The van der Waals surface area contributed by atoms with Crippen LogP contribution in [0.5, 0.6) is 0 Å². The SMILES string of the molecule is NC(=S)CS(=O)(=O)NCCc1cnc[nH]1. The van der Waals surface area contributed by atoms with Gasteiger partial charge in [-0.2, -0.15) is 0 Å². The van der Waals surface area contributed by atoms with Crippen molar-refractivity contribution >= 4 is 27.2 Å². The molecule has 0 unspecified atom stereocenters. The summed E-state index contributed by atoms with van der Waals surface area (Å²) in [5.74, 6) is -0.314. The van der Waals surface area contributed by atoms with Crippen LogP contribution in [-0.2, 0) is 16.4 Å². The molecule has 6 nitrogen and oxygen atoms in total. The molecule has 0 fully saturated rings. The van der Waals surface area contributed by atoms with Crippen LogP contribution < -0.4 is 10.5 Å². The van der Waals surface area contributed by atoms with Crippen molar-refractivity contribution in [1.82, 2.24) is 14.7 Å². The average Bonchev–Trinajstić information content (AvgIpc) is 2.53. The Labute approximate surface area is 93.3 Å². The van der Waals surface area contributed by atoms with Crippen molar-refractivity contribution in [3.63, 3.8) is 0 Å². The van der Waals surface area contributed by atoms with E-state index in [4.69, 9.17) is 5.73 Å². The highest BCUT2D eigenvalue weighted by molar-refractivity contribution is 7.92. The summed E-state index contributed by atoms with van der Waals surface area (Å²) in [6.07, 6.45) is 3.73. The van der Waals surface area contributed by atoms with E-state index < -0.39 is 10.0 Å². The Bertz CT molecular complexity index is 412. The topological polar surface area (TPSA) is 101 Å². The monoisotopic (exact) mass is 248 g/mol. The molecular weight excluding hydrogens is 236 g/mol. The zero-order valence-electron chi connectivity index (χ0n) is 7.93. The zero-order valence-corrected chi connectivity index (χ0v) is 9.57.